The van der Waals surface area contributed by atoms with Gasteiger partial charge in [0.15, 0.2) is 15.9 Å². The lowest BCUT2D eigenvalue weighted by atomic mass is 10.0. The van der Waals surface area contributed by atoms with E-state index in [0.717, 1.165) is 28.9 Å². The van der Waals surface area contributed by atoms with Crippen LogP contribution < -0.4 is 11.2 Å². The summed E-state index contributed by atoms with van der Waals surface area (Å²) >= 11 is 3.40. The number of hydrogen-bond acceptors (Lipinski definition) is 4. The number of aromatic nitrogens is 4. The standard InChI is InChI=1S/C25H28BrN5O2/c1-7-9-14-30-21-22(28-24(30)26)29(6)25(33)31(23(21)32)15-20(17(5)8-2)27-19-13-11-10-12-18(19)16(3)4/h10-13H,8,14-15H2,1-6H3/b20-17+,27-19-. The molecular weight excluding hydrogens is 482 g/mol. The average Bonchev–Trinajstić information content (AvgIpc) is 3.14. The Morgan fingerprint density at radius 2 is 1.85 bits per heavy atom. The third-order valence-corrected chi connectivity index (χ3v) is 6.23. The van der Waals surface area contributed by atoms with Crippen LogP contribution in [-0.4, -0.2) is 24.4 Å². The zero-order valence-corrected chi connectivity index (χ0v) is 21.4. The van der Waals surface area contributed by atoms with Crippen molar-refractivity contribution < 1.29 is 0 Å². The summed E-state index contributed by atoms with van der Waals surface area (Å²) in [6.07, 6.45) is 8.64. The Balaban J connectivity index is 2.24. The highest BCUT2D eigenvalue weighted by Crippen LogP contribution is 2.20. The molecule has 0 aliphatic heterocycles. The number of nitrogens with zero attached hydrogens (tertiary/aromatic N) is 5. The number of rotatable bonds is 5. The molecule has 3 rings (SSSR count). The number of imidazole rings is 1. The van der Waals surface area contributed by atoms with E-state index in [1.54, 1.807) is 18.5 Å². The zero-order valence-electron chi connectivity index (χ0n) is 19.9. The maximum absolute atomic E-state index is 13.5. The second kappa shape index (κ2) is 10.2. The van der Waals surface area contributed by atoms with Gasteiger partial charge in [-0.1, -0.05) is 42.2 Å². The van der Waals surface area contributed by atoms with Gasteiger partial charge in [-0.15, -0.1) is 5.92 Å². The second-order valence-corrected chi connectivity index (χ2v) is 8.72. The molecule has 0 unspecified atom stereocenters. The molecule has 0 atom stereocenters. The Morgan fingerprint density at radius 3 is 2.48 bits per heavy atom. The van der Waals surface area contributed by atoms with Crippen molar-refractivity contribution in [1.82, 2.24) is 18.7 Å². The van der Waals surface area contributed by atoms with Crippen molar-refractivity contribution in [3.8, 4) is 11.8 Å². The van der Waals surface area contributed by atoms with Crippen LogP contribution in [0.4, 0.5) is 0 Å². The van der Waals surface area contributed by atoms with Gasteiger partial charge in [-0.05, 0) is 61.7 Å². The second-order valence-electron chi connectivity index (χ2n) is 8.01. The Morgan fingerprint density at radius 1 is 1.15 bits per heavy atom. The molecule has 33 heavy (non-hydrogen) atoms. The van der Waals surface area contributed by atoms with Crippen LogP contribution in [0.3, 0.4) is 0 Å². The van der Waals surface area contributed by atoms with Gasteiger partial charge in [0, 0.05) is 7.05 Å². The topological polar surface area (TPSA) is 74.2 Å². The number of halogens is 1. The van der Waals surface area contributed by atoms with E-state index < -0.39 is 11.2 Å². The van der Waals surface area contributed by atoms with Gasteiger partial charge >= 0.3 is 5.69 Å². The van der Waals surface area contributed by atoms with Gasteiger partial charge in [-0.25, -0.2) is 9.78 Å². The molecule has 0 aromatic carbocycles. The van der Waals surface area contributed by atoms with Gasteiger partial charge in [-0.2, -0.15) is 0 Å². The summed E-state index contributed by atoms with van der Waals surface area (Å²) in [6, 6.07) is 0. The Hall–Kier alpha value is -3.18. The van der Waals surface area contributed by atoms with Crippen molar-refractivity contribution >= 4 is 32.8 Å². The molecule has 0 N–H and O–H groups in total. The molecule has 172 valence electrons. The molecule has 0 saturated carbocycles. The van der Waals surface area contributed by atoms with E-state index in [-0.39, 0.29) is 6.54 Å². The SMILES string of the molecule is CC#CCn1c(Br)nc2c1c(=O)n(CC(/N=C1/C=CC=CC1=C(C)C)=C(/C)CC)c(=O)n2C. The largest absolute Gasteiger partial charge is 0.332 e. The average molecular weight is 510 g/mol. The molecule has 7 nitrogen and oxygen atoms in total. The fraction of sp³-hybridized carbons (Fsp3) is 0.360. The molecule has 0 spiro atoms. The van der Waals surface area contributed by atoms with E-state index in [1.165, 1.54) is 9.13 Å². The molecule has 2 aromatic rings. The predicted molar refractivity (Wildman–Crippen MR) is 137 cm³/mol. The van der Waals surface area contributed by atoms with Crippen LogP contribution in [0.1, 0.15) is 41.0 Å². The number of aliphatic imine (C=N–C) groups is 1. The maximum atomic E-state index is 13.5. The normalized spacial score (nSPS) is 15.1. The minimum absolute atomic E-state index is 0.0699. The highest BCUT2D eigenvalue weighted by Gasteiger charge is 2.20. The van der Waals surface area contributed by atoms with E-state index in [1.807, 2.05) is 52.0 Å². The van der Waals surface area contributed by atoms with Crippen LogP contribution in [0, 0.1) is 11.8 Å². The fourth-order valence-electron chi connectivity index (χ4n) is 3.55. The summed E-state index contributed by atoms with van der Waals surface area (Å²) in [4.78, 5) is 36.0. The lowest BCUT2D eigenvalue weighted by Crippen LogP contribution is -2.40. The summed E-state index contributed by atoms with van der Waals surface area (Å²) in [6.45, 7) is 10.2. The van der Waals surface area contributed by atoms with E-state index in [9.17, 15) is 9.59 Å². The lowest BCUT2D eigenvalue weighted by Gasteiger charge is -2.14. The first kappa shape index (κ1) is 24.5. The molecule has 2 heterocycles. The van der Waals surface area contributed by atoms with Crippen LogP contribution in [0.15, 0.2) is 66.0 Å². The molecule has 0 saturated heterocycles. The molecule has 0 fully saturated rings. The van der Waals surface area contributed by atoms with Gasteiger partial charge in [-0.3, -0.25) is 18.9 Å². The molecular formula is C25H28BrN5O2. The first-order chi connectivity index (χ1) is 15.7. The van der Waals surface area contributed by atoms with Crippen molar-refractivity contribution in [2.75, 3.05) is 0 Å². The van der Waals surface area contributed by atoms with Crippen molar-refractivity contribution in [2.45, 2.75) is 54.1 Å². The van der Waals surface area contributed by atoms with E-state index in [2.05, 4.69) is 32.8 Å². The minimum atomic E-state index is -0.436. The molecule has 0 amide bonds. The van der Waals surface area contributed by atoms with Gasteiger partial charge in [0.05, 0.1) is 24.5 Å². The van der Waals surface area contributed by atoms with Crippen LogP contribution in [0.25, 0.3) is 11.2 Å². The monoisotopic (exact) mass is 509 g/mol. The van der Waals surface area contributed by atoms with Gasteiger partial charge < -0.3 is 4.57 Å². The van der Waals surface area contributed by atoms with Crippen LogP contribution >= 0.6 is 15.9 Å². The first-order valence-corrected chi connectivity index (χ1v) is 11.6. The third-order valence-electron chi connectivity index (χ3n) is 5.63. The lowest BCUT2D eigenvalue weighted by molar-refractivity contribution is 0.639. The summed E-state index contributed by atoms with van der Waals surface area (Å²) in [5, 5.41) is 0. The molecule has 8 heteroatoms. The van der Waals surface area contributed by atoms with Gasteiger partial charge in [0.25, 0.3) is 5.56 Å². The molecule has 2 aromatic heterocycles. The summed E-state index contributed by atoms with van der Waals surface area (Å²) in [5.74, 6) is 5.79. The molecule has 0 bridgehead atoms. The quantitative estimate of drug-likeness (QED) is 0.446. The van der Waals surface area contributed by atoms with Crippen LogP contribution in [-0.2, 0) is 20.1 Å². The molecule has 1 aliphatic rings. The number of fused-ring (bicyclic) bond motifs is 1. The summed E-state index contributed by atoms with van der Waals surface area (Å²) < 4.78 is 4.77. The molecule has 1 aliphatic carbocycles. The minimum Gasteiger partial charge on any atom is -0.301 e. The van der Waals surface area contributed by atoms with Crippen molar-refractivity contribution in [1.29, 1.82) is 0 Å². The van der Waals surface area contributed by atoms with E-state index in [4.69, 9.17) is 4.99 Å². The number of hydrogen-bond donors (Lipinski definition) is 0. The van der Waals surface area contributed by atoms with Crippen molar-refractivity contribution in [3.63, 3.8) is 0 Å². The number of aryl methyl sites for hydroxylation is 1. The zero-order chi connectivity index (χ0) is 24.3. The predicted octanol–water partition coefficient (Wildman–Crippen LogP) is 4.27. The Labute approximate surface area is 201 Å². The van der Waals surface area contributed by atoms with Crippen molar-refractivity contribution in [3.05, 3.63) is 72.3 Å². The maximum Gasteiger partial charge on any atom is 0.332 e. The Kier molecular flexibility index (Phi) is 7.54. The third kappa shape index (κ3) is 4.79. The van der Waals surface area contributed by atoms with Crippen molar-refractivity contribution in [2.24, 2.45) is 12.0 Å². The van der Waals surface area contributed by atoms with Gasteiger partial charge in [0.1, 0.15) is 0 Å². The highest BCUT2D eigenvalue weighted by molar-refractivity contribution is 9.10. The van der Waals surface area contributed by atoms with Gasteiger partial charge in [0.2, 0.25) is 0 Å². The smallest absolute Gasteiger partial charge is 0.301 e. The van der Waals surface area contributed by atoms with Crippen LogP contribution in [0.5, 0.6) is 0 Å². The van der Waals surface area contributed by atoms with E-state index >= 15 is 0 Å². The van der Waals surface area contributed by atoms with E-state index in [0.29, 0.717) is 28.1 Å². The fourth-order valence-corrected chi connectivity index (χ4v) is 4.02. The first-order valence-electron chi connectivity index (χ1n) is 10.8. The number of allylic oxidation sites excluding steroid dienone is 8. The Bertz CT molecular complexity index is 1440. The van der Waals surface area contributed by atoms with Crippen LogP contribution in [0.2, 0.25) is 0 Å². The summed E-state index contributed by atoms with van der Waals surface area (Å²) in [5.41, 5.74) is 4.51. The highest BCUT2D eigenvalue weighted by atomic mass is 79.9. The summed E-state index contributed by atoms with van der Waals surface area (Å²) in [7, 11) is 1.62. The molecule has 0 radical (unpaired) electrons.